The van der Waals surface area contributed by atoms with E-state index in [1.807, 2.05) is 18.5 Å². The molecule has 19 heavy (non-hydrogen) atoms. The fraction of sp³-hybridized carbons (Fsp3) is 0.312. The summed E-state index contributed by atoms with van der Waals surface area (Å²) in [5.41, 5.74) is 3.70. The zero-order valence-electron chi connectivity index (χ0n) is 10.8. The topological polar surface area (TPSA) is 28.2 Å². The van der Waals surface area contributed by atoms with Gasteiger partial charge in [-0.15, -0.1) is 0 Å². The first-order chi connectivity index (χ1) is 9.40. The minimum atomic E-state index is 0.651. The molecular weight excluding hydrogens is 234 g/mol. The largest absolute Gasteiger partial charge is 0.364 e. The van der Waals surface area contributed by atoms with E-state index in [0.717, 1.165) is 13.1 Å². The monoisotopic (exact) mass is 251 g/mol. The molecule has 0 radical (unpaired) electrons. The molecule has 2 aliphatic heterocycles. The van der Waals surface area contributed by atoms with Crippen LogP contribution in [0.25, 0.3) is 11.1 Å². The average Bonchev–Trinajstić information content (AvgIpc) is 3.11. The van der Waals surface area contributed by atoms with Gasteiger partial charge in [0, 0.05) is 36.9 Å². The molecule has 3 heterocycles. The van der Waals surface area contributed by atoms with Crippen LogP contribution in [0.5, 0.6) is 0 Å². The Morgan fingerprint density at radius 2 is 2.00 bits per heavy atom. The van der Waals surface area contributed by atoms with Crippen molar-refractivity contribution in [2.75, 3.05) is 18.0 Å². The summed E-state index contributed by atoms with van der Waals surface area (Å²) in [6.07, 6.45) is 5.22. The van der Waals surface area contributed by atoms with Crippen molar-refractivity contribution in [1.82, 2.24) is 10.3 Å². The van der Waals surface area contributed by atoms with Crippen molar-refractivity contribution < 1.29 is 0 Å². The van der Waals surface area contributed by atoms with Crippen molar-refractivity contribution in [2.24, 2.45) is 0 Å². The lowest BCUT2D eigenvalue weighted by atomic mass is 10.1. The molecule has 1 aromatic carbocycles. The SMILES string of the molecule is c1ccc(-c2cncc(N3C[C@H]4C[C@@H]3CN4)c2)cc1. The van der Waals surface area contributed by atoms with Gasteiger partial charge in [-0.05, 0) is 18.1 Å². The van der Waals surface area contributed by atoms with Gasteiger partial charge in [0.1, 0.15) is 0 Å². The highest BCUT2D eigenvalue weighted by atomic mass is 15.3. The van der Waals surface area contributed by atoms with E-state index in [2.05, 4.69) is 45.5 Å². The summed E-state index contributed by atoms with van der Waals surface area (Å²) in [7, 11) is 0. The number of nitrogens with one attached hydrogen (secondary N) is 1. The van der Waals surface area contributed by atoms with Crippen LogP contribution in [0.4, 0.5) is 5.69 Å². The minimum absolute atomic E-state index is 0.651. The summed E-state index contributed by atoms with van der Waals surface area (Å²) in [6.45, 7) is 2.23. The maximum absolute atomic E-state index is 4.43. The Labute approximate surface area is 113 Å². The van der Waals surface area contributed by atoms with E-state index >= 15 is 0 Å². The van der Waals surface area contributed by atoms with E-state index in [0.29, 0.717) is 12.1 Å². The highest BCUT2D eigenvalue weighted by Crippen LogP contribution is 2.31. The van der Waals surface area contributed by atoms with Crippen molar-refractivity contribution >= 4 is 5.69 Å². The van der Waals surface area contributed by atoms with Crippen LogP contribution in [0.15, 0.2) is 48.8 Å². The van der Waals surface area contributed by atoms with Crippen molar-refractivity contribution in [3.05, 3.63) is 48.8 Å². The Morgan fingerprint density at radius 1 is 1.11 bits per heavy atom. The average molecular weight is 251 g/mol. The van der Waals surface area contributed by atoms with Crippen molar-refractivity contribution in [3.63, 3.8) is 0 Å². The third kappa shape index (κ3) is 1.90. The van der Waals surface area contributed by atoms with Crippen molar-refractivity contribution in [2.45, 2.75) is 18.5 Å². The first-order valence-electron chi connectivity index (χ1n) is 6.91. The van der Waals surface area contributed by atoms with Gasteiger partial charge in [0.05, 0.1) is 11.9 Å². The number of hydrogen-bond donors (Lipinski definition) is 1. The molecule has 1 N–H and O–H groups in total. The molecule has 0 aliphatic carbocycles. The Bertz CT molecular complexity index is 582. The van der Waals surface area contributed by atoms with Gasteiger partial charge in [-0.25, -0.2) is 0 Å². The highest BCUT2D eigenvalue weighted by molar-refractivity contribution is 5.67. The van der Waals surface area contributed by atoms with Crippen LogP contribution in [-0.4, -0.2) is 30.2 Å². The molecule has 3 heteroatoms. The second-order valence-electron chi connectivity index (χ2n) is 5.44. The number of nitrogens with zero attached hydrogens (tertiary/aromatic N) is 2. The molecule has 3 nitrogen and oxygen atoms in total. The fourth-order valence-electron chi connectivity index (χ4n) is 3.25. The number of benzene rings is 1. The summed E-state index contributed by atoms with van der Waals surface area (Å²) in [5, 5.41) is 3.54. The third-order valence-electron chi connectivity index (χ3n) is 4.22. The Morgan fingerprint density at radius 3 is 2.74 bits per heavy atom. The number of rotatable bonds is 2. The van der Waals surface area contributed by atoms with E-state index in [4.69, 9.17) is 0 Å². The molecule has 2 aliphatic rings. The highest BCUT2D eigenvalue weighted by Gasteiger charge is 2.37. The molecule has 0 amide bonds. The molecular formula is C16H17N3. The zero-order chi connectivity index (χ0) is 12.7. The summed E-state index contributed by atoms with van der Waals surface area (Å²) in [4.78, 5) is 6.93. The number of hydrogen-bond acceptors (Lipinski definition) is 3. The molecule has 2 fully saturated rings. The number of aromatic nitrogens is 1. The first kappa shape index (κ1) is 11.0. The lowest BCUT2D eigenvalue weighted by molar-refractivity contribution is 0.580. The minimum Gasteiger partial charge on any atom is -0.364 e. The molecule has 2 saturated heterocycles. The van der Waals surface area contributed by atoms with Crippen LogP contribution >= 0.6 is 0 Å². The predicted molar refractivity (Wildman–Crippen MR) is 77.2 cm³/mol. The molecule has 2 atom stereocenters. The molecule has 96 valence electrons. The maximum Gasteiger partial charge on any atom is 0.0562 e. The predicted octanol–water partition coefficient (Wildman–Crippen LogP) is 2.30. The van der Waals surface area contributed by atoms with Gasteiger partial charge in [-0.3, -0.25) is 4.98 Å². The molecule has 0 saturated carbocycles. The van der Waals surface area contributed by atoms with E-state index in [1.165, 1.54) is 23.2 Å². The summed E-state index contributed by atoms with van der Waals surface area (Å²) in [5.74, 6) is 0. The van der Waals surface area contributed by atoms with Crippen LogP contribution in [0.3, 0.4) is 0 Å². The van der Waals surface area contributed by atoms with Crippen LogP contribution in [0, 0.1) is 0 Å². The quantitative estimate of drug-likeness (QED) is 0.887. The maximum atomic E-state index is 4.43. The van der Waals surface area contributed by atoms with Crippen LogP contribution < -0.4 is 10.2 Å². The molecule has 2 bridgehead atoms. The first-order valence-corrected chi connectivity index (χ1v) is 6.91. The smallest absolute Gasteiger partial charge is 0.0562 e. The summed E-state index contributed by atoms with van der Waals surface area (Å²) >= 11 is 0. The fourth-order valence-corrected chi connectivity index (χ4v) is 3.25. The van der Waals surface area contributed by atoms with Gasteiger partial charge in [-0.1, -0.05) is 30.3 Å². The van der Waals surface area contributed by atoms with E-state index in [9.17, 15) is 0 Å². The van der Waals surface area contributed by atoms with Crippen LogP contribution in [0.1, 0.15) is 6.42 Å². The summed E-state index contributed by atoms with van der Waals surface area (Å²) < 4.78 is 0. The molecule has 0 spiro atoms. The van der Waals surface area contributed by atoms with E-state index < -0.39 is 0 Å². The zero-order valence-corrected chi connectivity index (χ0v) is 10.8. The Hall–Kier alpha value is -1.87. The number of pyridine rings is 1. The molecule has 1 aromatic heterocycles. The van der Waals surface area contributed by atoms with Crippen molar-refractivity contribution in [1.29, 1.82) is 0 Å². The molecule has 4 rings (SSSR count). The van der Waals surface area contributed by atoms with E-state index in [1.54, 1.807) is 0 Å². The van der Waals surface area contributed by atoms with Gasteiger partial charge >= 0.3 is 0 Å². The molecule has 2 aromatic rings. The van der Waals surface area contributed by atoms with Gasteiger partial charge in [-0.2, -0.15) is 0 Å². The lowest BCUT2D eigenvalue weighted by Gasteiger charge is -2.29. The Kier molecular flexibility index (Phi) is 2.52. The van der Waals surface area contributed by atoms with Crippen LogP contribution in [0.2, 0.25) is 0 Å². The number of fused-ring (bicyclic) bond motifs is 2. The second kappa shape index (κ2) is 4.35. The number of anilines is 1. The lowest BCUT2D eigenvalue weighted by Crippen LogP contribution is -2.43. The van der Waals surface area contributed by atoms with Crippen LogP contribution in [-0.2, 0) is 0 Å². The second-order valence-corrected chi connectivity index (χ2v) is 5.44. The Balaban J connectivity index is 1.68. The summed E-state index contributed by atoms with van der Waals surface area (Å²) in [6, 6.07) is 14.1. The number of piperazine rings is 1. The van der Waals surface area contributed by atoms with Gasteiger partial charge in [0.25, 0.3) is 0 Å². The van der Waals surface area contributed by atoms with Crippen molar-refractivity contribution in [3.8, 4) is 11.1 Å². The van der Waals surface area contributed by atoms with Gasteiger partial charge in [0.2, 0.25) is 0 Å². The third-order valence-corrected chi connectivity index (χ3v) is 4.22. The standard InChI is InChI=1S/C16H17N3/c1-2-4-12(5-3-1)13-6-15(9-17-8-13)19-11-14-7-16(19)10-18-14/h1-6,8-9,14,16,18H,7,10-11H2/t14-,16-/m1/s1. The van der Waals surface area contributed by atoms with Gasteiger partial charge < -0.3 is 10.2 Å². The van der Waals surface area contributed by atoms with E-state index in [-0.39, 0.29) is 0 Å². The normalized spacial score (nSPS) is 24.9. The molecule has 0 unspecified atom stereocenters. The van der Waals surface area contributed by atoms with Gasteiger partial charge in [0.15, 0.2) is 0 Å².